The third-order valence-electron chi connectivity index (χ3n) is 4.41. The molecule has 1 aromatic rings. The van der Waals surface area contributed by atoms with Crippen molar-refractivity contribution in [3.63, 3.8) is 0 Å². The molecule has 5 heteroatoms. The van der Waals surface area contributed by atoms with E-state index in [1.807, 2.05) is 12.1 Å². The average molecular weight is 295 g/mol. The van der Waals surface area contributed by atoms with Crippen molar-refractivity contribution in [1.82, 2.24) is 4.90 Å². The Balaban J connectivity index is 1.54. The molecule has 0 radical (unpaired) electrons. The number of likely N-dealkylation sites (tertiary alicyclic amines) is 1. The van der Waals surface area contributed by atoms with Crippen molar-refractivity contribution in [3.05, 3.63) is 29.3 Å². The third kappa shape index (κ3) is 2.82. The SMILES string of the molecule is O=C(CN1CC2CCC(O)C2C1)Nc1ccccc1Cl. The van der Waals surface area contributed by atoms with Crippen molar-refractivity contribution < 1.29 is 9.90 Å². The molecule has 0 aromatic heterocycles. The summed E-state index contributed by atoms with van der Waals surface area (Å²) in [5.41, 5.74) is 0.651. The summed E-state index contributed by atoms with van der Waals surface area (Å²) in [6.45, 7) is 2.10. The fraction of sp³-hybridized carbons (Fsp3) is 0.533. The standard InChI is InChI=1S/C15H19ClN2O2/c16-12-3-1-2-4-13(12)17-15(20)9-18-7-10-5-6-14(19)11(10)8-18/h1-4,10-11,14,19H,5-9H2,(H,17,20). The van der Waals surface area contributed by atoms with Crippen molar-refractivity contribution in [3.8, 4) is 0 Å². The Bertz CT molecular complexity index is 508. The lowest BCUT2D eigenvalue weighted by Crippen LogP contribution is -2.33. The number of hydrogen-bond acceptors (Lipinski definition) is 3. The summed E-state index contributed by atoms with van der Waals surface area (Å²) in [6, 6.07) is 7.23. The smallest absolute Gasteiger partial charge is 0.238 e. The number of nitrogens with one attached hydrogen (secondary N) is 1. The van der Waals surface area contributed by atoms with E-state index < -0.39 is 0 Å². The molecule has 2 aliphatic rings. The highest BCUT2D eigenvalue weighted by molar-refractivity contribution is 6.33. The first-order valence-electron chi connectivity index (χ1n) is 7.08. The zero-order valence-electron chi connectivity index (χ0n) is 11.3. The van der Waals surface area contributed by atoms with Gasteiger partial charge in [0.25, 0.3) is 0 Å². The third-order valence-corrected chi connectivity index (χ3v) is 4.74. The van der Waals surface area contributed by atoms with Gasteiger partial charge in [-0.1, -0.05) is 23.7 Å². The number of halogens is 1. The van der Waals surface area contributed by atoms with Crippen LogP contribution in [0.2, 0.25) is 5.02 Å². The molecule has 0 bridgehead atoms. The molecule has 1 aliphatic carbocycles. The molecule has 108 valence electrons. The van der Waals surface area contributed by atoms with Crippen LogP contribution in [0.5, 0.6) is 0 Å². The van der Waals surface area contributed by atoms with E-state index in [9.17, 15) is 9.90 Å². The number of nitrogens with zero attached hydrogens (tertiary/aromatic N) is 1. The zero-order chi connectivity index (χ0) is 14.1. The largest absolute Gasteiger partial charge is 0.393 e. The van der Waals surface area contributed by atoms with Gasteiger partial charge in [0, 0.05) is 19.0 Å². The summed E-state index contributed by atoms with van der Waals surface area (Å²) in [4.78, 5) is 14.2. The van der Waals surface area contributed by atoms with E-state index >= 15 is 0 Å². The number of carbonyl (C=O) groups is 1. The van der Waals surface area contributed by atoms with Crippen LogP contribution in [0.3, 0.4) is 0 Å². The topological polar surface area (TPSA) is 52.6 Å². The van der Waals surface area contributed by atoms with Crippen LogP contribution in [0.25, 0.3) is 0 Å². The molecule has 3 rings (SSSR count). The van der Waals surface area contributed by atoms with Crippen molar-refractivity contribution >= 4 is 23.2 Å². The van der Waals surface area contributed by atoms with Crippen LogP contribution in [0.4, 0.5) is 5.69 Å². The van der Waals surface area contributed by atoms with Gasteiger partial charge in [-0.2, -0.15) is 0 Å². The van der Waals surface area contributed by atoms with Crippen molar-refractivity contribution in [2.45, 2.75) is 18.9 Å². The molecule has 1 aliphatic heterocycles. The van der Waals surface area contributed by atoms with Crippen molar-refractivity contribution in [1.29, 1.82) is 0 Å². The predicted octanol–water partition coefficient (Wildman–Crippen LogP) is 1.98. The minimum Gasteiger partial charge on any atom is -0.393 e. The van der Waals surface area contributed by atoms with Gasteiger partial charge in [0.2, 0.25) is 5.91 Å². The van der Waals surface area contributed by atoms with Gasteiger partial charge in [0.05, 0.1) is 23.4 Å². The second-order valence-electron chi connectivity index (χ2n) is 5.79. The molecular weight excluding hydrogens is 276 g/mol. The Morgan fingerprint density at radius 2 is 2.15 bits per heavy atom. The summed E-state index contributed by atoms with van der Waals surface area (Å²) in [6.07, 6.45) is 1.81. The minimum atomic E-state index is -0.184. The van der Waals surface area contributed by atoms with Crippen molar-refractivity contribution in [2.24, 2.45) is 11.8 Å². The van der Waals surface area contributed by atoms with E-state index in [4.69, 9.17) is 11.6 Å². The van der Waals surface area contributed by atoms with E-state index in [-0.39, 0.29) is 12.0 Å². The van der Waals surface area contributed by atoms with Gasteiger partial charge in [-0.25, -0.2) is 0 Å². The number of benzene rings is 1. The molecule has 4 nitrogen and oxygen atoms in total. The average Bonchev–Trinajstić information content (AvgIpc) is 2.95. The van der Waals surface area contributed by atoms with E-state index in [1.54, 1.807) is 12.1 Å². The lowest BCUT2D eigenvalue weighted by atomic mass is 10.00. The monoisotopic (exact) mass is 294 g/mol. The molecule has 2 N–H and O–H groups in total. The van der Waals surface area contributed by atoms with Crippen LogP contribution in [0.1, 0.15) is 12.8 Å². The highest BCUT2D eigenvalue weighted by atomic mass is 35.5. The van der Waals surface area contributed by atoms with Crippen LogP contribution in [0, 0.1) is 11.8 Å². The second kappa shape index (κ2) is 5.72. The van der Waals surface area contributed by atoms with Crippen molar-refractivity contribution in [2.75, 3.05) is 25.0 Å². The van der Waals surface area contributed by atoms with Gasteiger partial charge >= 0.3 is 0 Å². The maximum Gasteiger partial charge on any atom is 0.238 e. The Morgan fingerprint density at radius 1 is 1.35 bits per heavy atom. The number of hydrogen-bond donors (Lipinski definition) is 2. The normalized spacial score (nSPS) is 29.4. The Labute approximate surface area is 123 Å². The van der Waals surface area contributed by atoms with Gasteiger partial charge in [0.15, 0.2) is 0 Å². The number of para-hydroxylation sites is 1. The molecule has 3 atom stereocenters. The van der Waals surface area contributed by atoms with E-state index in [1.165, 1.54) is 0 Å². The van der Waals surface area contributed by atoms with Gasteiger partial charge < -0.3 is 10.4 Å². The van der Waals surface area contributed by atoms with Gasteiger partial charge in [0.1, 0.15) is 0 Å². The number of amides is 1. The van der Waals surface area contributed by atoms with E-state index in [0.717, 1.165) is 25.9 Å². The number of fused-ring (bicyclic) bond motifs is 1. The Kier molecular flexibility index (Phi) is 3.96. The fourth-order valence-electron chi connectivity index (χ4n) is 3.41. The fourth-order valence-corrected chi connectivity index (χ4v) is 3.60. The highest BCUT2D eigenvalue weighted by Crippen LogP contribution is 2.37. The molecule has 3 unspecified atom stereocenters. The van der Waals surface area contributed by atoms with Crippen LogP contribution in [-0.4, -0.2) is 41.7 Å². The molecule has 1 aromatic carbocycles. The summed E-state index contributed by atoms with van der Waals surface area (Å²) in [7, 11) is 0. The molecule has 1 saturated heterocycles. The zero-order valence-corrected chi connectivity index (χ0v) is 12.0. The first-order chi connectivity index (χ1) is 9.63. The molecule has 1 saturated carbocycles. The van der Waals surface area contributed by atoms with Crippen LogP contribution < -0.4 is 5.32 Å². The number of anilines is 1. The quantitative estimate of drug-likeness (QED) is 0.896. The molecule has 1 amide bonds. The molecule has 2 fully saturated rings. The first-order valence-corrected chi connectivity index (χ1v) is 7.46. The number of rotatable bonds is 3. The molecule has 20 heavy (non-hydrogen) atoms. The number of aliphatic hydroxyl groups is 1. The van der Waals surface area contributed by atoms with Gasteiger partial charge in [-0.15, -0.1) is 0 Å². The van der Waals surface area contributed by atoms with Crippen LogP contribution in [0.15, 0.2) is 24.3 Å². The molecular formula is C15H19ClN2O2. The van der Waals surface area contributed by atoms with Gasteiger partial charge in [-0.3, -0.25) is 9.69 Å². The minimum absolute atomic E-state index is 0.0486. The van der Waals surface area contributed by atoms with E-state index in [0.29, 0.717) is 29.1 Å². The Hall–Kier alpha value is -1.10. The van der Waals surface area contributed by atoms with Crippen LogP contribution in [-0.2, 0) is 4.79 Å². The molecule has 1 heterocycles. The maximum atomic E-state index is 12.0. The lowest BCUT2D eigenvalue weighted by molar-refractivity contribution is -0.117. The lowest BCUT2D eigenvalue weighted by Gasteiger charge is -2.17. The summed E-state index contributed by atoms with van der Waals surface area (Å²) < 4.78 is 0. The Morgan fingerprint density at radius 3 is 2.90 bits per heavy atom. The first kappa shape index (κ1) is 13.9. The molecule has 0 spiro atoms. The summed E-state index contributed by atoms with van der Waals surface area (Å²) in [5.74, 6) is 0.855. The predicted molar refractivity (Wildman–Crippen MR) is 78.7 cm³/mol. The second-order valence-corrected chi connectivity index (χ2v) is 6.20. The van der Waals surface area contributed by atoms with Crippen LogP contribution >= 0.6 is 11.6 Å². The van der Waals surface area contributed by atoms with E-state index in [2.05, 4.69) is 10.2 Å². The van der Waals surface area contributed by atoms with Gasteiger partial charge in [-0.05, 0) is 30.9 Å². The number of aliphatic hydroxyl groups excluding tert-OH is 1. The summed E-state index contributed by atoms with van der Waals surface area (Å²) >= 11 is 6.02. The summed E-state index contributed by atoms with van der Waals surface area (Å²) in [5, 5.41) is 13.3. The highest BCUT2D eigenvalue weighted by Gasteiger charge is 2.41. The maximum absolute atomic E-state index is 12.0. The number of carbonyl (C=O) groups excluding carboxylic acids is 1.